The molecule has 0 radical (unpaired) electrons. The van der Waals surface area contributed by atoms with E-state index in [2.05, 4.69) is 19.2 Å². The van der Waals surface area contributed by atoms with Gasteiger partial charge >= 0.3 is 0 Å². The molecule has 112 valence electrons. The van der Waals surface area contributed by atoms with Crippen LogP contribution in [0.1, 0.15) is 40.5 Å². The first-order valence-electron chi connectivity index (χ1n) is 7.01. The molecule has 0 fully saturated rings. The van der Waals surface area contributed by atoms with Gasteiger partial charge in [0.2, 0.25) is 5.91 Å². The lowest BCUT2D eigenvalue weighted by Gasteiger charge is -2.25. The molecule has 20 heavy (non-hydrogen) atoms. The summed E-state index contributed by atoms with van der Waals surface area (Å²) in [5.41, 5.74) is 0.196. The maximum absolute atomic E-state index is 12.0. The molecule has 1 aromatic carbocycles. The number of phenols is 1. The molecule has 0 saturated heterocycles. The number of nitrogens with one attached hydrogen (secondary N) is 1. The van der Waals surface area contributed by atoms with E-state index >= 15 is 0 Å². The molecule has 2 N–H and O–H groups in total. The zero-order chi connectivity index (χ0) is 15.2. The molecule has 0 heterocycles. The SMILES string of the molecule is CC(C)CCOC(C)(C)CC(=O)Nc1ccc(O)cc1. The molecule has 0 bridgehead atoms. The molecule has 1 aromatic rings. The van der Waals surface area contributed by atoms with Crippen LogP contribution in [0.5, 0.6) is 5.75 Å². The van der Waals surface area contributed by atoms with E-state index in [0.29, 0.717) is 24.6 Å². The van der Waals surface area contributed by atoms with Crippen molar-refractivity contribution in [2.24, 2.45) is 5.92 Å². The zero-order valence-corrected chi connectivity index (χ0v) is 12.8. The molecule has 0 saturated carbocycles. The highest BCUT2D eigenvalue weighted by Gasteiger charge is 2.22. The van der Waals surface area contributed by atoms with Gasteiger partial charge in [0.15, 0.2) is 0 Å². The monoisotopic (exact) mass is 279 g/mol. The van der Waals surface area contributed by atoms with Crippen molar-refractivity contribution < 1.29 is 14.6 Å². The Morgan fingerprint density at radius 2 is 1.90 bits per heavy atom. The van der Waals surface area contributed by atoms with Crippen LogP contribution in [-0.2, 0) is 9.53 Å². The lowest BCUT2D eigenvalue weighted by atomic mass is 10.0. The minimum Gasteiger partial charge on any atom is -0.508 e. The van der Waals surface area contributed by atoms with Gasteiger partial charge < -0.3 is 15.2 Å². The highest BCUT2D eigenvalue weighted by molar-refractivity contribution is 5.91. The predicted octanol–water partition coefficient (Wildman–Crippen LogP) is 3.56. The number of aromatic hydroxyl groups is 1. The van der Waals surface area contributed by atoms with Crippen LogP contribution in [0.15, 0.2) is 24.3 Å². The topological polar surface area (TPSA) is 58.6 Å². The summed E-state index contributed by atoms with van der Waals surface area (Å²) in [5, 5.41) is 12.0. The molecular weight excluding hydrogens is 254 g/mol. The average Bonchev–Trinajstić information content (AvgIpc) is 2.30. The molecule has 1 amide bonds. The Balaban J connectivity index is 2.41. The fourth-order valence-electron chi connectivity index (χ4n) is 1.76. The Bertz CT molecular complexity index is 424. The van der Waals surface area contributed by atoms with E-state index in [9.17, 15) is 9.90 Å². The van der Waals surface area contributed by atoms with Crippen molar-refractivity contribution in [2.75, 3.05) is 11.9 Å². The van der Waals surface area contributed by atoms with E-state index in [1.54, 1.807) is 24.3 Å². The van der Waals surface area contributed by atoms with E-state index in [4.69, 9.17) is 4.74 Å². The van der Waals surface area contributed by atoms with Gasteiger partial charge in [-0.15, -0.1) is 0 Å². The van der Waals surface area contributed by atoms with Crippen molar-refractivity contribution in [2.45, 2.75) is 46.1 Å². The van der Waals surface area contributed by atoms with Gasteiger partial charge in [-0.3, -0.25) is 4.79 Å². The minimum atomic E-state index is -0.476. The standard InChI is InChI=1S/C16H25NO3/c1-12(2)9-10-20-16(3,4)11-15(19)17-13-5-7-14(18)8-6-13/h5-8,12,18H,9-11H2,1-4H3,(H,17,19). The number of hydrogen-bond acceptors (Lipinski definition) is 3. The van der Waals surface area contributed by atoms with Gasteiger partial charge in [0.25, 0.3) is 0 Å². The average molecular weight is 279 g/mol. The summed E-state index contributed by atoms with van der Waals surface area (Å²) in [6.07, 6.45) is 1.29. The number of carbonyl (C=O) groups is 1. The van der Waals surface area contributed by atoms with Crippen LogP contribution < -0.4 is 5.32 Å². The summed E-state index contributed by atoms with van der Waals surface area (Å²) < 4.78 is 5.77. The number of hydrogen-bond donors (Lipinski definition) is 2. The first kappa shape index (κ1) is 16.5. The summed E-state index contributed by atoms with van der Waals surface area (Å²) >= 11 is 0. The van der Waals surface area contributed by atoms with E-state index in [1.807, 2.05) is 13.8 Å². The number of carbonyl (C=O) groups excluding carboxylic acids is 1. The van der Waals surface area contributed by atoms with Gasteiger partial charge in [0, 0.05) is 12.3 Å². The Morgan fingerprint density at radius 3 is 2.45 bits per heavy atom. The lowest BCUT2D eigenvalue weighted by molar-refractivity contribution is -0.122. The minimum absolute atomic E-state index is 0.0924. The van der Waals surface area contributed by atoms with Crippen LogP contribution in [0.4, 0.5) is 5.69 Å². The van der Waals surface area contributed by atoms with E-state index in [-0.39, 0.29) is 11.7 Å². The number of phenolic OH excluding ortho intramolecular Hbond substituents is 1. The second-order valence-corrected chi connectivity index (χ2v) is 6.06. The zero-order valence-electron chi connectivity index (χ0n) is 12.8. The molecule has 0 aliphatic rings. The molecule has 0 atom stereocenters. The highest BCUT2D eigenvalue weighted by atomic mass is 16.5. The fraction of sp³-hybridized carbons (Fsp3) is 0.562. The second kappa shape index (κ2) is 7.29. The Hall–Kier alpha value is -1.55. The van der Waals surface area contributed by atoms with Gasteiger partial charge in [-0.1, -0.05) is 13.8 Å². The van der Waals surface area contributed by atoms with Gasteiger partial charge in [0.1, 0.15) is 5.75 Å². The van der Waals surface area contributed by atoms with E-state index in [1.165, 1.54) is 0 Å². The third-order valence-electron chi connectivity index (χ3n) is 2.93. The largest absolute Gasteiger partial charge is 0.508 e. The van der Waals surface area contributed by atoms with Crippen molar-refractivity contribution in [1.29, 1.82) is 0 Å². The Labute approximate surface area is 121 Å². The van der Waals surface area contributed by atoms with Crippen LogP contribution in [0.2, 0.25) is 0 Å². The third kappa shape index (κ3) is 6.57. The van der Waals surface area contributed by atoms with Crippen molar-refractivity contribution in [3.8, 4) is 5.75 Å². The summed E-state index contributed by atoms with van der Waals surface area (Å²) in [5.74, 6) is 0.683. The van der Waals surface area contributed by atoms with E-state index < -0.39 is 5.60 Å². The van der Waals surface area contributed by atoms with Crippen molar-refractivity contribution in [3.05, 3.63) is 24.3 Å². The molecule has 4 heteroatoms. The molecule has 0 aliphatic carbocycles. The quantitative estimate of drug-likeness (QED) is 0.750. The Morgan fingerprint density at radius 1 is 1.30 bits per heavy atom. The van der Waals surface area contributed by atoms with Gasteiger partial charge in [-0.05, 0) is 50.5 Å². The van der Waals surface area contributed by atoms with Crippen molar-refractivity contribution in [3.63, 3.8) is 0 Å². The molecule has 0 unspecified atom stereocenters. The predicted molar refractivity (Wildman–Crippen MR) is 80.8 cm³/mol. The first-order valence-corrected chi connectivity index (χ1v) is 7.01. The molecule has 0 aromatic heterocycles. The number of benzene rings is 1. The van der Waals surface area contributed by atoms with Crippen LogP contribution >= 0.6 is 0 Å². The molecule has 4 nitrogen and oxygen atoms in total. The lowest BCUT2D eigenvalue weighted by Crippen LogP contribution is -2.31. The summed E-state index contributed by atoms with van der Waals surface area (Å²) in [4.78, 5) is 12.0. The summed E-state index contributed by atoms with van der Waals surface area (Å²) in [7, 11) is 0. The maximum atomic E-state index is 12.0. The normalized spacial score (nSPS) is 11.7. The number of anilines is 1. The van der Waals surface area contributed by atoms with Crippen LogP contribution in [0, 0.1) is 5.92 Å². The summed E-state index contributed by atoms with van der Waals surface area (Å²) in [6, 6.07) is 6.42. The van der Waals surface area contributed by atoms with Crippen LogP contribution in [0.25, 0.3) is 0 Å². The van der Waals surface area contributed by atoms with Crippen LogP contribution in [-0.4, -0.2) is 23.2 Å². The molecule has 0 spiro atoms. The van der Waals surface area contributed by atoms with Crippen LogP contribution in [0.3, 0.4) is 0 Å². The Kier molecular flexibility index (Phi) is 6.02. The summed E-state index contributed by atoms with van der Waals surface area (Å²) in [6.45, 7) is 8.80. The van der Waals surface area contributed by atoms with Gasteiger partial charge in [-0.2, -0.15) is 0 Å². The molecular formula is C16H25NO3. The number of amides is 1. The highest BCUT2D eigenvalue weighted by Crippen LogP contribution is 2.18. The maximum Gasteiger partial charge on any atom is 0.227 e. The smallest absolute Gasteiger partial charge is 0.227 e. The first-order chi connectivity index (χ1) is 9.28. The van der Waals surface area contributed by atoms with Gasteiger partial charge in [0.05, 0.1) is 12.0 Å². The molecule has 1 rings (SSSR count). The number of rotatable bonds is 7. The number of ether oxygens (including phenoxy) is 1. The van der Waals surface area contributed by atoms with Crippen molar-refractivity contribution >= 4 is 11.6 Å². The van der Waals surface area contributed by atoms with E-state index in [0.717, 1.165) is 6.42 Å². The van der Waals surface area contributed by atoms with Crippen molar-refractivity contribution in [1.82, 2.24) is 0 Å². The van der Waals surface area contributed by atoms with Gasteiger partial charge in [-0.25, -0.2) is 0 Å². The second-order valence-electron chi connectivity index (χ2n) is 6.06. The fourth-order valence-corrected chi connectivity index (χ4v) is 1.76. The third-order valence-corrected chi connectivity index (χ3v) is 2.93. The molecule has 0 aliphatic heterocycles.